The van der Waals surface area contributed by atoms with Gasteiger partial charge < -0.3 is 16.0 Å². The van der Waals surface area contributed by atoms with E-state index < -0.39 is 5.41 Å². The molecular formula is C12H25IN4OS. The number of hydrogen-bond donors (Lipinski definition) is 2. The number of nitrogens with two attached hydrogens (primary N) is 1. The van der Waals surface area contributed by atoms with Gasteiger partial charge in [-0.3, -0.25) is 9.79 Å². The molecule has 0 atom stereocenters. The van der Waals surface area contributed by atoms with Crippen LogP contribution in [0.2, 0.25) is 0 Å². The standard InChI is InChI=1S/C12H24N4OS.HI/c1-4-14-10(17)12(2,3)9-15-11(13)16-5-7-18-8-6-16;/h4-9H2,1-3H3,(H2,13,15)(H,14,17);1H. The number of thioether (sulfide) groups is 1. The molecule has 0 saturated carbocycles. The van der Waals surface area contributed by atoms with Crippen molar-refractivity contribution in [3.8, 4) is 0 Å². The number of nitrogens with zero attached hydrogens (tertiary/aromatic N) is 2. The third-order valence-electron chi connectivity index (χ3n) is 2.92. The fourth-order valence-electron chi connectivity index (χ4n) is 1.64. The summed E-state index contributed by atoms with van der Waals surface area (Å²) in [6, 6.07) is 0. The van der Waals surface area contributed by atoms with Crippen molar-refractivity contribution in [3.63, 3.8) is 0 Å². The molecule has 0 aromatic carbocycles. The molecule has 1 amide bonds. The molecule has 0 radical (unpaired) electrons. The lowest BCUT2D eigenvalue weighted by atomic mass is 9.92. The van der Waals surface area contributed by atoms with Gasteiger partial charge in [-0.25, -0.2) is 0 Å². The maximum atomic E-state index is 11.8. The van der Waals surface area contributed by atoms with Gasteiger partial charge in [-0.05, 0) is 20.8 Å². The van der Waals surface area contributed by atoms with Crippen LogP contribution in [0.5, 0.6) is 0 Å². The first kappa shape index (κ1) is 18.8. The summed E-state index contributed by atoms with van der Waals surface area (Å²) in [5, 5.41) is 2.82. The number of hydrogen-bond acceptors (Lipinski definition) is 3. The zero-order valence-corrected chi connectivity index (χ0v) is 15.1. The molecule has 0 spiro atoms. The average Bonchev–Trinajstić information content (AvgIpc) is 2.37. The van der Waals surface area contributed by atoms with Gasteiger partial charge in [0.15, 0.2) is 5.96 Å². The van der Waals surface area contributed by atoms with Gasteiger partial charge in [-0.2, -0.15) is 11.8 Å². The Bertz CT molecular complexity index is 317. The molecule has 1 heterocycles. The molecule has 0 bridgehead atoms. The van der Waals surface area contributed by atoms with Crippen LogP contribution in [0.4, 0.5) is 0 Å². The van der Waals surface area contributed by atoms with Crippen LogP contribution in [0.1, 0.15) is 20.8 Å². The third-order valence-corrected chi connectivity index (χ3v) is 3.87. The Hall–Kier alpha value is -0.180. The summed E-state index contributed by atoms with van der Waals surface area (Å²) < 4.78 is 0. The molecule has 1 rings (SSSR count). The molecule has 112 valence electrons. The molecule has 1 aliphatic rings. The fourth-order valence-corrected chi connectivity index (χ4v) is 2.55. The third kappa shape index (κ3) is 6.20. The highest BCUT2D eigenvalue weighted by molar-refractivity contribution is 14.0. The van der Waals surface area contributed by atoms with Crippen molar-refractivity contribution in [3.05, 3.63) is 0 Å². The second kappa shape index (κ2) is 8.89. The number of nitrogens with one attached hydrogen (secondary N) is 1. The van der Waals surface area contributed by atoms with E-state index in [2.05, 4.69) is 15.2 Å². The van der Waals surface area contributed by atoms with Crippen molar-refractivity contribution in [2.45, 2.75) is 20.8 Å². The van der Waals surface area contributed by atoms with E-state index in [0.29, 0.717) is 19.0 Å². The maximum Gasteiger partial charge on any atom is 0.227 e. The Labute approximate surface area is 137 Å². The SMILES string of the molecule is CCNC(=O)C(C)(C)CN=C(N)N1CCSCC1.I. The minimum Gasteiger partial charge on any atom is -0.370 e. The number of amides is 1. The Balaban J connectivity index is 0.00000324. The summed E-state index contributed by atoms with van der Waals surface area (Å²) in [6.45, 7) is 8.65. The first-order valence-electron chi connectivity index (χ1n) is 6.38. The number of aliphatic imine (C=N–C) groups is 1. The monoisotopic (exact) mass is 400 g/mol. The molecule has 7 heteroatoms. The number of guanidine groups is 1. The quantitative estimate of drug-likeness (QED) is 0.422. The predicted molar refractivity (Wildman–Crippen MR) is 93.3 cm³/mol. The number of rotatable bonds is 4. The van der Waals surface area contributed by atoms with Gasteiger partial charge in [0, 0.05) is 31.1 Å². The van der Waals surface area contributed by atoms with Crippen molar-refractivity contribution in [2.24, 2.45) is 16.1 Å². The van der Waals surface area contributed by atoms with Crippen LogP contribution in [0.3, 0.4) is 0 Å². The lowest BCUT2D eigenvalue weighted by Crippen LogP contribution is -2.44. The summed E-state index contributed by atoms with van der Waals surface area (Å²) in [5.74, 6) is 2.77. The van der Waals surface area contributed by atoms with Crippen molar-refractivity contribution >= 4 is 47.6 Å². The molecule has 0 aromatic rings. The second-order valence-corrected chi connectivity index (χ2v) is 6.24. The van der Waals surface area contributed by atoms with Crippen molar-refractivity contribution in [2.75, 3.05) is 37.7 Å². The molecule has 1 saturated heterocycles. The minimum absolute atomic E-state index is 0. The van der Waals surface area contributed by atoms with Crippen molar-refractivity contribution in [1.29, 1.82) is 0 Å². The lowest BCUT2D eigenvalue weighted by molar-refractivity contribution is -0.128. The van der Waals surface area contributed by atoms with Crippen LogP contribution in [0.15, 0.2) is 4.99 Å². The van der Waals surface area contributed by atoms with E-state index in [9.17, 15) is 4.79 Å². The summed E-state index contributed by atoms with van der Waals surface area (Å²) >= 11 is 1.93. The zero-order valence-electron chi connectivity index (χ0n) is 11.9. The van der Waals surface area contributed by atoms with Gasteiger partial charge >= 0.3 is 0 Å². The van der Waals surface area contributed by atoms with Crippen LogP contribution >= 0.6 is 35.7 Å². The molecule has 1 aliphatic heterocycles. The zero-order chi connectivity index (χ0) is 13.6. The van der Waals surface area contributed by atoms with Crippen LogP contribution in [-0.4, -0.2) is 54.5 Å². The Morgan fingerprint density at radius 2 is 2.00 bits per heavy atom. The molecule has 3 N–H and O–H groups in total. The first-order valence-corrected chi connectivity index (χ1v) is 7.53. The van der Waals surface area contributed by atoms with E-state index in [-0.39, 0.29) is 29.9 Å². The summed E-state index contributed by atoms with van der Waals surface area (Å²) in [5.41, 5.74) is 5.46. The van der Waals surface area contributed by atoms with Crippen LogP contribution < -0.4 is 11.1 Å². The van der Waals surface area contributed by atoms with Crippen LogP contribution in [0.25, 0.3) is 0 Å². The van der Waals surface area contributed by atoms with E-state index >= 15 is 0 Å². The highest BCUT2D eigenvalue weighted by atomic mass is 127. The lowest BCUT2D eigenvalue weighted by Gasteiger charge is -2.28. The number of carbonyl (C=O) groups is 1. The molecule has 5 nitrogen and oxygen atoms in total. The highest BCUT2D eigenvalue weighted by Crippen LogP contribution is 2.16. The van der Waals surface area contributed by atoms with Gasteiger partial charge in [0.1, 0.15) is 0 Å². The van der Waals surface area contributed by atoms with Crippen molar-refractivity contribution in [1.82, 2.24) is 10.2 Å². The fraction of sp³-hybridized carbons (Fsp3) is 0.833. The largest absolute Gasteiger partial charge is 0.370 e. The molecule has 19 heavy (non-hydrogen) atoms. The predicted octanol–water partition coefficient (Wildman–Crippen LogP) is 1.13. The topological polar surface area (TPSA) is 70.7 Å². The average molecular weight is 400 g/mol. The molecule has 0 unspecified atom stereocenters. The Morgan fingerprint density at radius 1 is 1.42 bits per heavy atom. The molecular weight excluding hydrogens is 375 g/mol. The molecule has 0 aliphatic carbocycles. The van der Waals surface area contributed by atoms with E-state index in [1.54, 1.807) is 0 Å². The van der Waals surface area contributed by atoms with Crippen molar-refractivity contribution < 1.29 is 4.79 Å². The van der Waals surface area contributed by atoms with E-state index in [1.165, 1.54) is 0 Å². The van der Waals surface area contributed by atoms with Crippen LogP contribution in [0, 0.1) is 5.41 Å². The minimum atomic E-state index is -0.509. The van der Waals surface area contributed by atoms with E-state index in [0.717, 1.165) is 24.6 Å². The van der Waals surface area contributed by atoms with E-state index in [4.69, 9.17) is 5.73 Å². The van der Waals surface area contributed by atoms with Gasteiger partial charge in [0.05, 0.1) is 12.0 Å². The van der Waals surface area contributed by atoms with Gasteiger partial charge in [0.2, 0.25) is 5.91 Å². The van der Waals surface area contributed by atoms with Gasteiger partial charge in [0.25, 0.3) is 0 Å². The molecule has 1 fully saturated rings. The summed E-state index contributed by atoms with van der Waals surface area (Å²) in [4.78, 5) is 18.3. The first-order chi connectivity index (χ1) is 8.47. The highest BCUT2D eigenvalue weighted by Gasteiger charge is 2.27. The maximum absolute atomic E-state index is 11.8. The van der Waals surface area contributed by atoms with Gasteiger partial charge in [-0.15, -0.1) is 24.0 Å². The number of halogens is 1. The smallest absolute Gasteiger partial charge is 0.227 e. The Kier molecular flexibility index (Phi) is 8.80. The number of carbonyl (C=O) groups excluding carboxylic acids is 1. The summed E-state index contributed by atoms with van der Waals surface area (Å²) in [7, 11) is 0. The van der Waals surface area contributed by atoms with Gasteiger partial charge in [-0.1, -0.05) is 0 Å². The van der Waals surface area contributed by atoms with E-state index in [1.807, 2.05) is 32.5 Å². The summed E-state index contributed by atoms with van der Waals surface area (Å²) in [6.07, 6.45) is 0. The Morgan fingerprint density at radius 3 is 2.53 bits per heavy atom. The van der Waals surface area contributed by atoms with Crippen LogP contribution in [-0.2, 0) is 4.79 Å². The normalized spacial score (nSPS) is 16.8. The second-order valence-electron chi connectivity index (χ2n) is 5.02. The molecule has 0 aromatic heterocycles.